The number of halogens is 1. The molecule has 7 heteroatoms. The van der Waals surface area contributed by atoms with E-state index >= 15 is 0 Å². The molecule has 1 atom stereocenters. The highest BCUT2D eigenvalue weighted by atomic mass is 127. The predicted octanol–water partition coefficient (Wildman–Crippen LogP) is 3.30. The van der Waals surface area contributed by atoms with Crippen LogP contribution in [0.5, 0.6) is 5.75 Å². The van der Waals surface area contributed by atoms with Crippen molar-refractivity contribution in [3.05, 3.63) is 29.3 Å². The summed E-state index contributed by atoms with van der Waals surface area (Å²) in [6.45, 7) is 7.60. The molecule has 0 spiro atoms. The van der Waals surface area contributed by atoms with Gasteiger partial charge in [0.05, 0.1) is 13.2 Å². The fraction of sp³-hybridized carbons (Fsp3) is 0.600. The number of aliphatic imine (C=N–C) groups is 1. The van der Waals surface area contributed by atoms with E-state index in [0.29, 0.717) is 19.0 Å². The summed E-state index contributed by atoms with van der Waals surface area (Å²) in [5.41, 5.74) is 2.29. The van der Waals surface area contributed by atoms with E-state index < -0.39 is 0 Å². The fourth-order valence-corrected chi connectivity index (χ4v) is 2.75. The molecule has 1 aromatic carbocycles. The zero-order valence-electron chi connectivity index (χ0n) is 16.8. The number of nitrogens with one attached hydrogen (secondary N) is 3. The number of amides is 1. The third-order valence-corrected chi connectivity index (χ3v) is 4.32. The molecular weight excluding hydrogens is 455 g/mol. The molecule has 0 aliphatic heterocycles. The van der Waals surface area contributed by atoms with Crippen LogP contribution in [0.3, 0.4) is 0 Å². The molecule has 1 aliphatic carbocycles. The van der Waals surface area contributed by atoms with Crippen molar-refractivity contribution >= 4 is 35.8 Å². The lowest BCUT2D eigenvalue weighted by Gasteiger charge is -2.20. The van der Waals surface area contributed by atoms with Crippen LogP contribution >= 0.6 is 24.0 Å². The molecule has 1 amide bonds. The lowest BCUT2D eigenvalue weighted by Crippen LogP contribution is -2.39. The Labute approximate surface area is 179 Å². The average molecular weight is 488 g/mol. The number of carbonyl (C=O) groups is 1. The Bertz CT molecular complexity index is 632. The van der Waals surface area contributed by atoms with E-state index in [0.717, 1.165) is 43.1 Å². The molecule has 0 bridgehead atoms. The third kappa shape index (κ3) is 8.36. The van der Waals surface area contributed by atoms with Crippen molar-refractivity contribution in [1.29, 1.82) is 0 Å². The van der Waals surface area contributed by atoms with Gasteiger partial charge in [-0.15, -0.1) is 24.0 Å². The van der Waals surface area contributed by atoms with Crippen molar-refractivity contribution in [3.8, 4) is 5.75 Å². The molecule has 1 fully saturated rings. The van der Waals surface area contributed by atoms with E-state index in [1.807, 2.05) is 19.1 Å². The second kappa shape index (κ2) is 12.0. The van der Waals surface area contributed by atoms with Crippen molar-refractivity contribution in [2.75, 3.05) is 20.2 Å². The lowest BCUT2D eigenvalue weighted by molar-refractivity contribution is -0.121. The fourth-order valence-electron chi connectivity index (χ4n) is 2.75. The van der Waals surface area contributed by atoms with Gasteiger partial charge in [0.15, 0.2) is 5.96 Å². The van der Waals surface area contributed by atoms with Gasteiger partial charge in [0.1, 0.15) is 5.75 Å². The first kappa shape index (κ1) is 23.5. The monoisotopic (exact) mass is 488 g/mol. The van der Waals surface area contributed by atoms with Crippen molar-refractivity contribution < 1.29 is 9.53 Å². The van der Waals surface area contributed by atoms with E-state index in [4.69, 9.17) is 4.74 Å². The summed E-state index contributed by atoms with van der Waals surface area (Å²) in [5.74, 6) is 1.76. The topological polar surface area (TPSA) is 74.8 Å². The van der Waals surface area contributed by atoms with Gasteiger partial charge in [-0.05, 0) is 46.1 Å². The van der Waals surface area contributed by atoms with Gasteiger partial charge in [0.2, 0.25) is 5.91 Å². The first-order valence-electron chi connectivity index (χ1n) is 9.52. The Hall–Kier alpha value is -1.51. The molecule has 1 aliphatic rings. The van der Waals surface area contributed by atoms with Gasteiger partial charge in [0.25, 0.3) is 0 Å². The normalized spacial score (nSPS) is 14.7. The van der Waals surface area contributed by atoms with Crippen molar-refractivity contribution in [2.45, 2.75) is 58.5 Å². The highest BCUT2D eigenvalue weighted by Crippen LogP contribution is 2.26. The van der Waals surface area contributed by atoms with E-state index in [1.165, 1.54) is 5.56 Å². The minimum Gasteiger partial charge on any atom is -0.496 e. The largest absolute Gasteiger partial charge is 0.496 e. The highest BCUT2D eigenvalue weighted by Gasteiger charge is 2.22. The average Bonchev–Trinajstić information content (AvgIpc) is 3.42. The Balaban J connectivity index is 0.00000364. The SMILES string of the molecule is CCNC(=NCCCC(=O)NC1CC1)NC(C)c1cc(C)ccc1OC.I. The molecule has 6 nitrogen and oxygen atoms in total. The van der Waals surface area contributed by atoms with E-state index in [9.17, 15) is 4.79 Å². The minimum absolute atomic E-state index is 0. The quantitative estimate of drug-likeness (QED) is 0.216. The number of benzene rings is 1. The Morgan fingerprint density at radius 3 is 2.74 bits per heavy atom. The first-order valence-corrected chi connectivity index (χ1v) is 9.52. The second-order valence-corrected chi connectivity index (χ2v) is 6.82. The van der Waals surface area contributed by atoms with Crippen molar-refractivity contribution in [3.63, 3.8) is 0 Å². The maximum Gasteiger partial charge on any atom is 0.220 e. The van der Waals surface area contributed by atoms with Gasteiger partial charge in [-0.3, -0.25) is 9.79 Å². The summed E-state index contributed by atoms with van der Waals surface area (Å²) in [6, 6.07) is 6.64. The molecule has 0 aromatic heterocycles. The van der Waals surface area contributed by atoms with Gasteiger partial charge in [-0.1, -0.05) is 17.7 Å². The number of aryl methyl sites for hydroxylation is 1. The number of hydrogen-bond donors (Lipinski definition) is 3. The van der Waals surface area contributed by atoms with Gasteiger partial charge in [0, 0.05) is 31.1 Å². The summed E-state index contributed by atoms with van der Waals surface area (Å²) < 4.78 is 5.48. The number of nitrogens with zero attached hydrogens (tertiary/aromatic N) is 1. The first-order chi connectivity index (χ1) is 12.5. The molecule has 2 rings (SSSR count). The number of methoxy groups -OCH3 is 1. The number of guanidine groups is 1. The Morgan fingerprint density at radius 1 is 1.37 bits per heavy atom. The smallest absolute Gasteiger partial charge is 0.220 e. The Kier molecular flexibility index (Phi) is 10.5. The molecule has 27 heavy (non-hydrogen) atoms. The Morgan fingerprint density at radius 2 is 2.11 bits per heavy atom. The zero-order valence-corrected chi connectivity index (χ0v) is 19.1. The van der Waals surface area contributed by atoms with Crippen LogP contribution in [0.4, 0.5) is 0 Å². The van der Waals surface area contributed by atoms with E-state index in [1.54, 1.807) is 7.11 Å². The minimum atomic E-state index is 0. The number of hydrogen-bond acceptors (Lipinski definition) is 3. The van der Waals surface area contributed by atoms with Crippen LogP contribution in [0.1, 0.15) is 56.7 Å². The van der Waals surface area contributed by atoms with Crippen molar-refractivity contribution in [1.82, 2.24) is 16.0 Å². The van der Waals surface area contributed by atoms with Crippen LogP contribution in [0.25, 0.3) is 0 Å². The summed E-state index contributed by atoms with van der Waals surface area (Å²) in [5, 5.41) is 9.69. The molecule has 1 saturated carbocycles. The van der Waals surface area contributed by atoms with Gasteiger partial charge in [-0.2, -0.15) is 0 Å². The highest BCUT2D eigenvalue weighted by molar-refractivity contribution is 14.0. The molecular formula is C20H33IN4O2. The molecule has 152 valence electrons. The number of carbonyl (C=O) groups excluding carboxylic acids is 1. The van der Waals surface area contributed by atoms with E-state index in [-0.39, 0.29) is 35.9 Å². The van der Waals surface area contributed by atoms with Crippen LogP contribution in [0.2, 0.25) is 0 Å². The van der Waals surface area contributed by atoms with Gasteiger partial charge < -0.3 is 20.7 Å². The lowest BCUT2D eigenvalue weighted by atomic mass is 10.0. The molecule has 1 unspecified atom stereocenters. The standard InChI is InChI=1S/C20H32N4O2.HI/c1-5-21-20(22-12-6-7-19(25)24-16-9-10-16)23-15(3)17-13-14(2)8-11-18(17)26-4;/h8,11,13,15-16H,5-7,9-10,12H2,1-4H3,(H,24,25)(H2,21,22,23);1H. The van der Waals surface area contributed by atoms with Crippen LogP contribution in [0.15, 0.2) is 23.2 Å². The molecule has 0 heterocycles. The van der Waals surface area contributed by atoms with Crippen LogP contribution < -0.4 is 20.7 Å². The predicted molar refractivity (Wildman–Crippen MR) is 121 cm³/mol. The van der Waals surface area contributed by atoms with Crippen LogP contribution in [0, 0.1) is 6.92 Å². The summed E-state index contributed by atoms with van der Waals surface area (Å²) >= 11 is 0. The molecule has 0 radical (unpaired) electrons. The summed E-state index contributed by atoms with van der Waals surface area (Å²) in [6.07, 6.45) is 3.52. The van der Waals surface area contributed by atoms with Gasteiger partial charge >= 0.3 is 0 Å². The molecule has 0 saturated heterocycles. The van der Waals surface area contributed by atoms with Gasteiger partial charge in [-0.25, -0.2) is 0 Å². The maximum atomic E-state index is 11.7. The zero-order chi connectivity index (χ0) is 18.9. The number of ether oxygens (including phenoxy) is 1. The number of rotatable bonds is 9. The van der Waals surface area contributed by atoms with E-state index in [2.05, 4.69) is 40.9 Å². The maximum absolute atomic E-state index is 11.7. The molecule has 1 aromatic rings. The van der Waals surface area contributed by atoms with Crippen molar-refractivity contribution in [2.24, 2.45) is 4.99 Å². The van der Waals surface area contributed by atoms with Crippen LogP contribution in [-0.4, -0.2) is 38.1 Å². The molecule has 3 N–H and O–H groups in total. The summed E-state index contributed by atoms with van der Waals surface area (Å²) in [7, 11) is 1.69. The van der Waals surface area contributed by atoms with Crippen LogP contribution in [-0.2, 0) is 4.79 Å². The summed E-state index contributed by atoms with van der Waals surface area (Å²) in [4.78, 5) is 16.3. The third-order valence-electron chi connectivity index (χ3n) is 4.32. The second-order valence-electron chi connectivity index (χ2n) is 6.82.